The van der Waals surface area contributed by atoms with Crippen molar-refractivity contribution in [1.29, 1.82) is 0 Å². The predicted molar refractivity (Wildman–Crippen MR) is 195 cm³/mol. The molecule has 0 spiro atoms. The summed E-state index contributed by atoms with van der Waals surface area (Å²) in [5.74, 6) is -1.74. The zero-order chi connectivity index (χ0) is 35.5. The first-order valence-corrected chi connectivity index (χ1v) is 17.7. The van der Waals surface area contributed by atoms with Gasteiger partial charge in [0.15, 0.2) is 0 Å². The van der Waals surface area contributed by atoms with E-state index in [1.54, 1.807) is 53.5 Å². The van der Waals surface area contributed by atoms with Gasteiger partial charge in [0.25, 0.3) is 5.91 Å². The molecule has 0 radical (unpaired) electrons. The van der Waals surface area contributed by atoms with Gasteiger partial charge < -0.3 is 25.4 Å². The summed E-state index contributed by atoms with van der Waals surface area (Å²) in [6.45, 7) is 1.38. The highest BCUT2D eigenvalue weighted by Crippen LogP contribution is 2.37. The standard InChI is InChI=1S/C39H40ClN7O4/c1-41-38(50)33(9-5-8-24-6-3-2-4-7-24)45-37(49)31-23-46(36(48)17-26-19-44-34-18-28(40)11-12-29(26)34)20-27-21-47(22-30(27)31)39(51)25-10-13-32-35(16-25)43-15-14-42-32/h2-4,6-7,10-16,18-19,27,30-31,33,44H,5,8-9,17,20-23H2,1H3,(H,41,50)(H,45,49)/t27?,30?,31?,33-/m0/s1. The third-order valence-corrected chi connectivity index (χ3v) is 10.6. The van der Waals surface area contributed by atoms with Crippen molar-refractivity contribution in [1.82, 2.24) is 35.4 Å². The second kappa shape index (κ2) is 14.9. The molecule has 5 aromatic rings. The number of aromatic amines is 1. The van der Waals surface area contributed by atoms with E-state index in [2.05, 4.69) is 25.6 Å². The van der Waals surface area contributed by atoms with Crippen LogP contribution < -0.4 is 10.6 Å². The Morgan fingerprint density at radius 3 is 2.51 bits per heavy atom. The van der Waals surface area contributed by atoms with Crippen LogP contribution in [0.2, 0.25) is 5.02 Å². The first-order valence-electron chi connectivity index (χ1n) is 17.4. The maximum atomic E-state index is 14.2. The summed E-state index contributed by atoms with van der Waals surface area (Å²) in [5.41, 5.74) is 4.67. The van der Waals surface area contributed by atoms with Gasteiger partial charge in [0.1, 0.15) is 6.04 Å². The van der Waals surface area contributed by atoms with Crippen LogP contribution >= 0.6 is 11.6 Å². The summed E-state index contributed by atoms with van der Waals surface area (Å²) < 4.78 is 0. The van der Waals surface area contributed by atoms with Crippen LogP contribution in [-0.2, 0) is 27.2 Å². The van der Waals surface area contributed by atoms with Crippen LogP contribution in [0.3, 0.4) is 0 Å². The van der Waals surface area contributed by atoms with Crippen LogP contribution in [0.5, 0.6) is 0 Å². The molecule has 2 aliphatic rings. The van der Waals surface area contributed by atoms with E-state index in [9.17, 15) is 19.2 Å². The zero-order valence-corrected chi connectivity index (χ0v) is 29.1. The molecular formula is C39H40ClN7O4. The van der Waals surface area contributed by atoms with Crippen LogP contribution in [0.15, 0.2) is 85.3 Å². The lowest BCUT2D eigenvalue weighted by Gasteiger charge is -2.40. The van der Waals surface area contributed by atoms with E-state index < -0.39 is 12.0 Å². The molecule has 262 valence electrons. The molecular weight excluding hydrogens is 666 g/mol. The normalized spacial score (nSPS) is 19.1. The van der Waals surface area contributed by atoms with E-state index in [1.807, 2.05) is 48.7 Å². The van der Waals surface area contributed by atoms with E-state index in [1.165, 1.54) is 0 Å². The quantitative estimate of drug-likeness (QED) is 0.197. The summed E-state index contributed by atoms with van der Waals surface area (Å²) in [6.07, 6.45) is 7.12. The van der Waals surface area contributed by atoms with Gasteiger partial charge in [-0.3, -0.25) is 29.1 Å². The minimum atomic E-state index is -0.730. The van der Waals surface area contributed by atoms with Gasteiger partial charge in [-0.25, -0.2) is 0 Å². The number of H-pyrrole nitrogens is 1. The molecule has 2 fully saturated rings. The molecule has 51 heavy (non-hydrogen) atoms. The largest absolute Gasteiger partial charge is 0.361 e. The fraction of sp³-hybridized carbons (Fsp3) is 0.333. The highest BCUT2D eigenvalue weighted by atomic mass is 35.5. The maximum Gasteiger partial charge on any atom is 0.253 e. The molecule has 2 saturated heterocycles. The maximum absolute atomic E-state index is 14.2. The third kappa shape index (κ3) is 7.44. The first-order chi connectivity index (χ1) is 24.8. The van der Waals surface area contributed by atoms with Crippen LogP contribution in [0.1, 0.15) is 34.3 Å². The number of amides is 4. The van der Waals surface area contributed by atoms with Crippen LogP contribution in [-0.4, -0.2) is 87.6 Å². The van der Waals surface area contributed by atoms with Crippen molar-refractivity contribution < 1.29 is 19.2 Å². The SMILES string of the molecule is CNC(=O)[C@H](CCCc1ccccc1)NC(=O)C1CN(C(=O)Cc2c[nH]c3cc(Cl)ccc23)CC2CN(C(=O)c3ccc4nccnc4c3)CC21. The van der Waals surface area contributed by atoms with Crippen LogP contribution in [0, 0.1) is 17.8 Å². The van der Waals surface area contributed by atoms with Gasteiger partial charge in [0, 0.05) is 73.3 Å². The van der Waals surface area contributed by atoms with Crippen molar-refractivity contribution in [2.45, 2.75) is 31.7 Å². The minimum absolute atomic E-state index is 0.106. The number of carbonyl (C=O) groups excluding carboxylic acids is 4. The van der Waals surface area contributed by atoms with Gasteiger partial charge in [-0.05, 0) is 72.6 Å². The van der Waals surface area contributed by atoms with Crippen molar-refractivity contribution >= 4 is 57.2 Å². The lowest BCUT2D eigenvalue weighted by molar-refractivity contribution is -0.140. The number of halogens is 1. The van der Waals surface area contributed by atoms with Gasteiger partial charge in [-0.15, -0.1) is 0 Å². The lowest BCUT2D eigenvalue weighted by Crippen LogP contribution is -2.56. The third-order valence-electron chi connectivity index (χ3n) is 10.3. The fourth-order valence-electron chi connectivity index (χ4n) is 7.66. The molecule has 0 saturated carbocycles. The zero-order valence-electron chi connectivity index (χ0n) is 28.3. The Labute approximate surface area is 300 Å². The molecule has 2 aromatic heterocycles. The summed E-state index contributed by atoms with van der Waals surface area (Å²) in [4.78, 5) is 70.4. The topological polar surface area (TPSA) is 140 Å². The number of rotatable bonds is 10. The molecule has 4 atom stereocenters. The summed E-state index contributed by atoms with van der Waals surface area (Å²) in [6, 6.07) is 20.1. The van der Waals surface area contributed by atoms with Crippen LogP contribution in [0.25, 0.3) is 21.9 Å². The number of piperidine rings is 1. The van der Waals surface area contributed by atoms with Gasteiger partial charge in [-0.1, -0.05) is 48.0 Å². The number of aromatic nitrogens is 3. The molecule has 2 aliphatic heterocycles. The number of hydrogen-bond donors (Lipinski definition) is 3. The molecule has 4 heterocycles. The smallest absolute Gasteiger partial charge is 0.253 e. The molecule has 7 rings (SSSR count). The fourth-order valence-corrected chi connectivity index (χ4v) is 7.83. The highest BCUT2D eigenvalue weighted by Gasteiger charge is 2.48. The van der Waals surface area contributed by atoms with Gasteiger partial charge in [-0.2, -0.15) is 0 Å². The molecule has 4 amide bonds. The number of nitrogens with zero attached hydrogens (tertiary/aromatic N) is 4. The molecule has 0 aliphatic carbocycles. The Kier molecular flexibility index (Phi) is 9.99. The summed E-state index contributed by atoms with van der Waals surface area (Å²) in [5, 5.41) is 7.26. The minimum Gasteiger partial charge on any atom is -0.361 e. The predicted octanol–water partition coefficient (Wildman–Crippen LogP) is 4.41. The van der Waals surface area contributed by atoms with Crippen molar-refractivity contribution in [2.24, 2.45) is 17.8 Å². The second-order valence-corrected chi connectivity index (χ2v) is 14.0. The monoisotopic (exact) mass is 705 g/mol. The van der Waals surface area contributed by atoms with E-state index >= 15 is 0 Å². The highest BCUT2D eigenvalue weighted by molar-refractivity contribution is 6.31. The van der Waals surface area contributed by atoms with Crippen molar-refractivity contribution in [2.75, 3.05) is 33.2 Å². The number of benzene rings is 3. The Morgan fingerprint density at radius 2 is 1.71 bits per heavy atom. The summed E-state index contributed by atoms with van der Waals surface area (Å²) in [7, 11) is 1.56. The number of hydrogen-bond acceptors (Lipinski definition) is 6. The van der Waals surface area contributed by atoms with Crippen molar-refractivity contribution in [3.63, 3.8) is 0 Å². The number of aryl methyl sites for hydroxylation is 1. The molecule has 12 heteroatoms. The Morgan fingerprint density at radius 1 is 0.922 bits per heavy atom. The number of fused-ring (bicyclic) bond motifs is 3. The number of carbonyl (C=O) groups is 4. The van der Waals surface area contributed by atoms with Crippen molar-refractivity contribution in [3.05, 3.63) is 107 Å². The average Bonchev–Trinajstić information content (AvgIpc) is 3.77. The van der Waals surface area contributed by atoms with Crippen LogP contribution in [0.4, 0.5) is 0 Å². The number of likely N-dealkylation sites (tertiary alicyclic amines) is 2. The van der Waals surface area contributed by atoms with E-state index in [4.69, 9.17) is 11.6 Å². The Balaban J connectivity index is 1.11. The van der Waals surface area contributed by atoms with E-state index in [-0.39, 0.29) is 48.4 Å². The van der Waals surface area contributed by atoms with Crippen molar-refractivity contribution in [3.8, 4) is 0 Å². The number of nitrogens with one attached hydrogen (secondary N) is 3. The second-order valence-electron chi connectivity index (χ2n) is 13.5. The number of likely N-dealkylation sites (N-methyl/N-ethyl adjacent to an activating group) is 1. The van der Waals surface area contributed by atoms with E-state index in [0.29, 0.717) is 54.1 Å². The molecule has 3 N–H and O–H groups in total. The molecule has 3 unspecified atom stereocenters. The lowest BCUT2D eigenvalue weighted by atomic mass is 9.79. The molecule has 0 bridgehead atoms. The first kappa shape index (κ1) is 34.2. The Hall–Kier alpha value is -5.29. The van der Waals surface area contributed by atoms with Gasteiger partial charge in [0.05, 0.1) is 23.4 Å². The Bertz CT molecular complexity index is 2090. The van der Waals surface area contributed by atoms with Gasteiger partial charge >= 0.3 is 0 Å². The molecule has 3 aromatic carbocycles. The molecule has 11 nitrogen and oxygen atoms in total. The average molecular weight is 706 g/mol. The van der Waals surface area contributed by atoms with Gasteiger partial charge in [0.2, 0.25) is 17.7 Å². The summed E-state index contributed by atoms with van der Waals surface area (Å²) >= 11 is 6.18. The van der Waals surface area contributed by atoms with E-state index in [0.717, 1.165) is 28.5 Å².